The van der Waals surface area contributed by atoms with Gasteiger partial charge in [0.2, 0.25) is 11.8 Å². The lowest BCUT2D eigenvalue weighted by molar-refractivity contribution is -0.385. The molecule has 0 radical (unpaired) electrons. The highest BCUT2D eigenvalue weighted by atomic mass is 79.9. The van der Waals surface area contributed by atoms with Crippen molar-refractivity contribution in [1.29, 1.82) is 5.41 Å². The van der Waals surface area contributed by atoms with E-state index in [1.54, 1.807) is 18.3 Å². The van der Waals surface area contributed by atoms with E-state index in [9.17, 15) is 54.8 Å². The van der Waals surface area contributed by atoms with Gasteiger partial charge in [-0.25, -0.2) is 19.8 Å². The van der Waals surface area contributed by atoms with Gasteiger partial charge >= 0.3 is 0 Å². The minimum absolute atomic E-state index is 0. The number of nitrogen functional groups attached to an aromatic ring is 3. The Morgan fingerprint density at radius 1 is 0.442 bits per heavy atom. The number of nitrogens with zero attached hydrogens (tertiary/aromatic N) is 8. The number of carbonyl (C=O) groups excluding carboxylic acids is 3. The summed E-state index contributed by atoms with van der Waals surface area (Å²) in [7, 11) is 0. The number of nitro benzene ring substituents is 4. The summed E-state index contributed by atoms with van der Waals surface area (Å²) < 4.78 is 0. The van der Waals surface area contributed by atoms with Crippen LogP contribution >= 0.6 is 28.3 Å². The number of nitrogens with one attached hydrogen (secondary N) is 6. The number of Topliss-reactive ketones (excluding diaryl/α,β-unsaturated/α-hetero) is 1. The van der Waals surface area contributed by atoms with E-state index < -0.39 is 19.7 Å². The number of anilines is 4. The molecule has 8 fully saturated rings. The molecule has 0 spiro atoms. The lowest BCUT2D eigenvalue weighted by atomic mass is 9.49. The van der Waals surface area contributed by atoms with Crippen molar-refractivity contribution in [3.63, 3.8) is 0 Å². The van der Waals surface area contributed by atoms with Crippen molar-refractivity contribution >= 4 is 103 Å². The van der Waals surface area contributed by atoms with E-state index in [4.69, 9.17) is 29.2 Å². The summed E-state index contributed by atoms with van der Waals surface area (Å²) in [6, 6.07) is 62.5. The minimum Gasteiger partial charge on any atom is -0.399 e. The molecule has 12 N–H and O–H groups in total. The van der Waals surface area contributed by atoms with E-state index in [2.05, 4.69) is 73.4 Å². The van der Waals surface area contributed by atoms with Crippen LogP contribution in [0.4, 0.5) is 51.2 Å². The van der Waals surface area contributed by atoms with Crippen molar-refractivity contribution in [3.05, 3.63) is 306 Å². The summed E-state index contributed by atoms with van der Waals surface area (Å²) in [5.41, 5.74) is 30.9. The zero-order valence-electron chi connectivity index (χ0n) is 65.3. The predicted octanol–water partition coefficient (Wildman–Crippen LogP) is 20.5. The third-order valence-electron chi connectivity index (χ3n) is 22.9. The van der Waals surface area contributed by atoms with Gasteiger partial charge in [-0.15, -0.1) is 12.4 Å². The number of alkyl halides is 1. The zero-order valence-corrected chi connectivity index (χ0v) is 67.7. The molecule has 30 heteroatoms. The summed E-state index contributed by atoms with van der Waals surface area (Å²) in [5, 5.41) is 55.0. The molecule has 9 aromatic carbocycles. The topological polar surface area (TPSA) is 440 Å². The quantitative estimate of drug-likeness (QED) is 0.00597. The molecule has 120 heavy (non-hydrogen) atoms. The third kappa shape index (κ3) is 21.1. The third-order valence-corrected chi connectivity index (χ3v) is 23.4. The fraction of sp³-hybridized carbons (Fsp3) is 0.244. The summed E-state index contributed by atoms with van der Waals surface area (Å²) >= 11 is 3.02. The number of amides is 2. The molecule has 20 rings (SSSR count). The fourth-order valence-corrected chi connectivity index (χ4v) is 18.0. The molecule has 28 nitrogen and oxygen atoms in total. The maximum atomic E-state index is 13.5. The van der Waals surface area contributed by atoms with Gasteiger partial charge in [0.15, 0.2) is 11.5 Å². The second-order valence-electron chi connectivity index (χ2n) is 31.3. The molecule has 0 atom stereocenters. The van der Waals surface area contributed by atoms with E-state index in [1.165, 1.54) is 129 Å². The predicted molar refractivity (Wildman–Crippen MR) is 469 cm³/mol. The van der Waals surface area contributed by atoms with E-state index in [0.717, 1.165) is 159 Å². The Morgan fingerprint density at radius 2 is 0.708 bits per heavy atom. The molecule has 2 amide bonds. The van der Waals surface area contributed by atoms with Gasteiger partial charge in [-0.2, -0.15) is 0 Å². The largest absolute Gasteiger partial charge is 0.399 e. The number of nitro groups is 4. The number of halogens is 2. The molecule has 8 aliphatic carbocycles. The molecule has 8 aliphatic rings. The first-order chi connectivity index (χ1) is 57.2. The zero-order chi connectivity index (χ0) is 84.1. The van der Waals surface area contributed by atoms with Crippen molar-refractivity contribution in [1.82, 2.24) is 29.9 Å². The van der Waals surface area contributed by atoms with Crippen LogP contribution < -0.4 is 27.8 Å². The summed E-state index contributed by atoms with van der Waals surface area (Å²) in [6.45, 7) is 8.62. The van der Waals surface area contributed by atoms with Crippen molar-refractivity contribution in [3.8, 4) is 67.9 Å². The number of imidazole rings is 3. The highest BCUT2D eigenvalue weighted by Gasteiger charge is 2.56. The number of hydrogen-bond acceptors (Lipinski definition) is 17. The van der Waals surface area contributed by atoms with Crippen LogP contribution in [0, 0.1) is 106 Å². The summed E-state index contributed by atoms with van der Waals surface area (Å²) in [6.07, 6.45) is 20.0. The van der Waals surface area contributed by atoms with Gasteiger partial charge in [0, 0.05) is 99.1 Å². The van der Waals surface area contributed by atoms with Crippen molar-refractivity contribution in [2.75, 3.05) is 27.4 Å². The van der Waals surface area contributed by atoms with Gasteiger partial charge in [-0.1, -0.05) is 70.0 Å². The SMILES string of the molecule is Cc1ccc(-c2cnc(-c3ccc([N+](=O)[O-])cc3)[nH]2)cc1.Cl.N=C(N)c1ccc([N+](=O)[O-])cc1.Nc1ccc(-c2cnc(-c3ccc(N)cc3)[nH]2)cc1.O=C(CBr)c1ccc([N+](=O)[O-])cc1.O=C(Nc1ccc(-c2cnc(-c3ccc(NC(=O)C45CC6CC(CC(C6)C4)C5)cc3)[nH]2)cc1)C12CC3CC(CC(C3)C1)C2.[C-]#[N+]c1ccc([N+](=O)[O-])cc1. The van der Waals surface area contributed by atoms with Gasteiger partial charge in [0.25, 0.3) is 22.7 Å². The van der Waals surface area contributed by atoms with Crippen LogP contribution in [-0.2, 0) is 9.59 Å². The van der Waals surface area contributed by atoms with Gasteiger partial charge < -0.3 is 42.8 Å². The number of carbonyl (C=O) groups is 3. The number of non-ortho nitro benzene ring substituents is 4. The number of ketones is 1. The maximum absolute atomic E-state index is 13.5. The number of rotatable bonds is 17. The van der Waals surface area contributed by atoms with Crippen molar-refractivity contribution < 1.29 is 34.1 Å². The van der Waals surface area contributed by atoms with Crippen LogP contribution in [-0.4, -0.2) is 78.4 Å². The Kier molecular flexibility index (Phi) is 27.1. The highest BCUT2D eigenvalue weighted by molar-refractivity contribution is 9.09. The van der Waals surface area contributed by atoms with E-state index in [0.29, 0.717) is 22.6 Å². The molecule has 0 aliphatic heterocycles. The molecular weight excluding hydrogens is 1610 g/mol. The lowest BCUT2D eigenvalue weighted by Gasteiger charge is -2.55. The maximum Gasteiger partial charge on any atom is 0.269 e. The van der Waals surface area contributed by atoms with Gasteiger partial charge in [-0.05, 0) is 257 Å². The molecule has 8 bridgehead atoms. The van der Waals surface area contributed by atoms with Gasteiger partial charge in [0.1, 0.15) is 23.3 Å². The Hall–Kier alpha value is -13.9. The average molecular weight is 1700 g/mol. The smallest absolute Gasteiger partial charge is 0.269 e. The molecule has 3 heterocycles. The summed E-state index contributed by atoms with van der Waals surface area (Å²) in [5.74, 6) is 7.16. The van der Waals surface area contributed by atoms with Crippen LogP contribution in [0.1, 0.15) is 98.5 Å². The van der Waals surface area contributed by atoms with Crippen LogP contribution in [0.3, 0.4) is 0 Å². The second kappa shape index (κ2) is 38.0. The number of nitrogens with two attached hydrogens (primary N) is 3. The number of aryl methyl sites for hydroxylation is 1. The monoisotopic (exact) mass is 1700 g/mol. The number of aromatic amines is 3. The van der Waals surface area contributed by atoms with Crippen LogP contribution in [0.2, 0.25) is 0 Å². The second-order valence-corrected chi connectivity index (χ2v) is 31.8. The number of hydrogen-bond donors (Lipinski definition) is 9. The van der Waals surface area contributed by atoms with E-state index in [1.807, 2.05) is 129 Å². The van der Waals surface area contributed by atoms with Crippen molar-refractivity contribution in [2.24, 2.45) is 52.1 Å². The Morgan fingerprint density at radius 3 is 1.01 bits per heavy atom. The highest BCUT2D eigenvalue weighted by Crippen LogP contribution is 2.62. The number of amidine groups is 1. The molecule has 3 aromatic heterocycles. The minimum atomic E-state index is -0.498. The van der Waals surface area contributed by atoms with Gasteiger partial charge in [0.05, 0.1) is 78.1 Å². The molecular formula is C90H87BrClN17O11. The first-order valence-corrected chi connectivity index (χ1v) is 39.9. The van der Waals surface area contributed by atoms with Crippen LogP contribution in [0.5, 0.6) is 0 Å². The van der Waals surface area contributed by atoms with Crippen LogP contribution in [0.15, 0.2) is 237 Å². The van der Waals surface area contributed by atoms with Gasteiger partial charge in [-0.3, -0.25) is 60.3 Å². The standard InChI is InChI=1S/C37H42N4O2.C16H13N3O2.C15H14N4.C8H6BrNO3.C7H7N3O2.C7H4N2O2.ClH/c42-34(36-15-22-9-23(16-36)11-24(10-22)17-36)39-30-5-1-28(2-6-30)32-21-38-33(41-32)29-3-7-31(8-4-29)40-35(43)37-18-25-12-26(19-37)14-27(13-25)20-37;1-11-2-4-12(5-3-11)15-10-17-16(18-15)13-6-8-14(9-7-13)19(20)21;16-12-5-1-10(2-6-12)14-9-18-15(19-14)11-3-7-13(17)8-4-11;9-5-8(11)6-1-3-7(4-2-6)10(12)13;8-7(9)5-1-3-6(4-2-5)10(11)12;1-8-6-2-4-7(5-3-6)9(10)11;/h1-8,21-27H,9-20H2,(H,38,41)(H,39,42)(H,40,43);2-10H,1H3,(H,17,18);1-9H,16-17H2,(H,18,19);1-4H,5H2;1-4H,(H3,8,9);2-5H;1H. The fourth-order valence-electron chi connectivity index (χ4n) is 17.6. The first-order valence-electron chi connectivity index (χ1n) is 38.8. The molecule has 612 valence electrons. The molecule has 8 saturated carbocycles. The number of aromatic nitrogens is 6. The normalized spacial score (nSPS) is 19.4. The average Bonchev–Trinajstić information content (AvgIpc) is 0.803. The Balaban J connectivity index is 0.000000145. The first kappa shape index (κ1) is 85.5. The van der Waals surface area contributed by atoms with Crippen molar-refractivity contribution in [2.45, 2.75) is 84.0 Å². The summed E-state index contributed by atoms with van der Waals surface area (Å²) in [4.78, 5) is 104. The number of H-pyrrole nitrogens is 3. The lowest BCUT2D eigenvalue weighted by Crippen LogP contribution is -2.51. The van der Waals surface area contributed by atoms with E-state index >= 15 is 0 Å². The Bertz CT molecular complexity index is 5420. The van der Waals surface area contributed by atoms with E-state index in [-0.39, 0.29) is 74.7 Å². The Labute approximate surface area is 705 Å². The van der Waals surface area contributed by atoms with Crippen LogP contribution in [0.25, 0.3) is 72.8 Å². The molecule has 0 saturated heterocycles. The molecule has 12 aromatic rings. The molecule has 0 unspecified atom stereocenters. The number of benzene rings is 9.